The molecule has 1 fully saturated rings. The number of hydrogen-bond acceptors (Lipinski definition) is 6. The van der Waals surface area contributed by atoms with Crippen LogP contribution in [0.4, 0.5) is 5.13 Å². The van der Waals surface area contributed by atoms with Gasteiger partial charge in [-0.2, -0.15) is 4.98 Å². The standard InChI is InChI=1S/C13H21N3O3S/c1-2-19-11-10(8-9(14)12(17)18)20-13(15-11)16-6-4-3-5-7-16/h9H,2-8,14H2,1H3,(H,17,18). The Morgan fingerprint density at radius 2 is 2.20 bits per heavy atom. The third-order valence-electron chi connectivity index (χ3n) is 3.28. The fourth-order valence-corrected chi connectivity index (χ4v) is 3.33. The summed E-state index contributed by atoms with van der Waals surface area (Å²) < 4.78 is 5.51. The number of carboxylic acid groups (broad SMARTS) is 1. The lowest BCUT2D eigenvalue weighted by atomic mass is 10.1. The molecule has 2 rings (SSSR count). The van der Waals surface area contributed by atoms with E-state index in [1.165, 1.54) is 30.6 Å². The number of aromatic nitrogens is 1. The van der Waals surface area contributed by atoms with Gasteiger partial charge in [0, 0.05) is 19.5 Å². The van der Waals surface area contributed by atoms with Crippen molar-refractivity contribution in [3.05, 3.63) is 4.88 Å². The molecule has 112 valence electrons. The molecule has 1 aliphatic heterocycles. The van der Waals surface area contributed by atoms with Gasteiger partial charge in [-0.25, -0.2) is 0 Å². The summed E-state index contributed by atoms with van der Waals surface area (Å²) in [4.78, 5) is 18.5. The summed E-state index contributed by atoms with van der Waals surface area (Å²) in [6, 6.07) is -0.913. The Bertz CT molecular complexity index is 458. The van der Waals surface area contributed by atoms with Crippen molar-refractivity contribution in [1.29, 1.82) is 0 Å². The highest BCUT2D eigenvalue weighted by Crippen LogP contribution is 2.33. The van der Waals surface area contributed by atoms with Crippen LogP contribution in [-0.4, -0.2) is 41.8 Å². The minimum absolute atomic E-state index is 0.260. The van der Waals surface area contributed by atoms with Crippen LogP contribution in [0.2, 0.25) is 0 Å². The molecule has 1 aliphatic rings. The zero-order valence-electron chi connectivity index (χ0n) is 11.7. The lowest BCUT2D eigenvalue weighted by Gasteiger charge is -2.25. The van der Waals surface area contributed by atoms with E-state index in [0.29, 0.717) is 12.5 Å². The normalized spacial score (nSPS) is 17.0. The quantitative estimate of drug-likeness (QED) is 0.827. The predicted molar refractivity (Wildman–Crippen MR) is 78.7 cm³/mol. The van der Waals surface area contributed by atoms with Crippen LogP contribution in [0.3, 0.4) is 0 Å². The van der Waals surface area contributed by atoms with E-state index in [2.05, 4.69) is 9.88 Å². The third kappa shape index (κ3) is 3.61. The fourth-order valence-electron chi connectivity index (χ4n) is 2.21. The number of piperidine rings is 1. The van der Waals surface area contributed by atoms with Crippen LogP contribution in [0.25, 0.3) is 0 Å². The fraction of sp³-hybridized carbons (Fsp3) is 0.692. The molecule has 0 bridgehead atoms. The lowest BCUT2D eigenvalue weighted by Crippen LogP contribution is -2.32. The van der Waals surface area contributed by atoms with Crippen LogP contribution >= 0.6 is 11.3 Å². The van der Waals surface area contributed by atoms with E-state index < -0.39 is 12.0 Å². The Labute approximate surface area is 122 Å². The molecule has 0 radical (unpaired) electrons. The van der Waals surface area contributed by atoms with E-state index >= 15 is 0 Å². The van der Waals surface area contributed by atoms with Gasteiger partial charge in [0.15, 0.2) is 5.13 Å². The van der Waals surface area contributed by atoms with E-state index in [-0.39, 0.29) is 6.42 Å². The number of thiazole rings is 1. The molecule has 0 aliphatic carbocycles. The smallest absolute Gasteiger partial charge is 0.320 e. The van der Waals surface area contributed by atoms with Gasteiger partial charge < -0.3 is 20.5 Å². The van der Waals surface area contributed by atoms with Crippen molar-refractivity contribution in [2.75, 3.05) is 24.6 Å². The lowest BCUT2D eigenvalue weighted by molar-refractivity contribution is -0.138. The van der Waals surface area contributed by atoms with Crippen LogP contribution < -0.4 is 15.4 Å². The van der Waals surface area contributed by atoms with E-state index in [4.69, 9.17) is 15.6 Å². The zero-order chi connectivity index (χ0) is 14.5. The van der Waals surface area contributed by atoms with E-state index in [9.17, 15) is 4.79 Å². The number of nitrogens with zero attached hydrogens (tertiary/aromatic N) is 2. The third-order valence-corrected chi connectivity index (χ3v) is 4.40. The number of aliphatic carboxylic acids is 1. The van der Waals surface area contributed by atoms with Crippen LogP contribution in [0.5, 0.6) is 5.88 Å². The summed E-state index contributed by atoms with van der Waals surface area (Å²) in [5, 5.41) is 9.84. The van der Waals surface area contributed by atoms with Crippen molar-refractivity contribution >= 4 is 22.4 Å². The molecule has 0 saturated carbocycles. The maximum Gasteiger partial charge on any atom is 0.320 e. The van der Waals surface area contributed by atoms with Crippen molar-refractivity contribution in [3.63, 3.8) is 0 Å². The molecule has 1 saturated heterocycles. The van der Waals surface area contributed by atoms with Crippen molar-refractivity contribution in [2.45, 2.75) is 38.6 Å². The highest BCUT2D eigenvalue weighted by molar-refractivity contribution is 7.15. The van der Waals surface area contributed by atoms with Crippen LogP contribution in [0.1, 0.15) is 31.1 Å². The maximum absolute atomic E-state index is 10.9. The molecule has 1 unspecified atom stereocenters. The largest absolute Gasteiger partial charge is 0.480 e. The first-order valence-electron chi connectivity index (χ1n) is 6.97. The molecule has 1 atom stereocenters. The molecule has 20 heavy (non-hydrogen) atoms. The van der Waals surface area contributed by atoms with E-state index in [1.54, 1.807) is 0 Å². The number of rotatable bonds is 6. The minimum atomic E-state index is -1.000. The predicted octanol–water partition coefficient (Wildman–Crippen LogP) is 1.49. The second-order valence-corrected chi connectivity index (χ2v) is 5.92. The molecule has 3 N–H and O–H groups in total. The topological polar surface area (TPSA) is 88.7 Å². The monoisotopic (exact) mass is 299 g/mol. The number of hydrogen-bond donors (Lipinski definition) is 2. The Morgan fingerprint density at radius 3 is 2.80 bits per heavy atom. The van der Waals surface area contributed by atoms with Crippen molar-refractivity contribution in [1.82, 2.24) is 4.98 Å². The molecular formula is C13H21N3O3S. The molecule has 2 heterocycles. The van der Waals surface area contributed by atoms with Gasteiger partial charge in [-0.3, -0.25) is 4.79 Å². The van der Waals surface area contributed by atoms with Crippen molar-refractivity contribution < 1.29 is 14.6 Å². The molecule has 7 heteroatoms. The molecule has 6 nitrogen and oxygen atoms in total. The molecule has 0 aromatic carbocycles. The SMILES string of the molecule is CCOc1nc(N2CCCCC2)sc1CC(N)C(=O)O. The summed E-state index contributed by atoms with van der Waals surface area (Å²) >= 11 is 1.50. The summed E-state index contributed by atoms with van der Waals surface area (Å²) in [5.74, 6) is -0.463. The number of ether oxygens (including phenoxy) is 1. The minimum Gasteiger partial charge on any atom is -0.480 e. The molecule has 1 aromatic heterocycles. The first kappa shape index (κ1) is 15.1. The molecular weight excluding hydrogens is 278 g/mol. The zero-order valence-corrected chi connectivity index (χ0v) is 12.5. The van der Waals surface area contributed by atoms with E-state index in [0.717, 1.165) is 23.1 Å². The second-order valence-electron chi connectivity index (χ2n) is 4.85. The van der Waals surface area contributed by atoms with Gasteiger partial charge >= 0.3 is 5.97 Å². The number of nitrogens with two attached hydrogens (primary N) is 1. The molecule has 0 spiro atoms. The van der Waals surface area contributed by atoms with Crippen molar-refractivity contribution in [3.8, 4) is 5.88 Å². The van der Waals surface area contributed by atoms with Gasteiger partial charge in [0.2, 0.25) is 5.88 Å². The summed E-state index contributed by atoms with van der Waals surface area (Å²) in [7, 11) is 0. The first-order valence-corrected chi connectivity index (χ1v) is 7.79. The Hall–Kier alpha value is -1.34. The first-order chi connectivity index (χ1) is 9.61. The number of carboxylic acids is 1. The molecule has 1 aromatic rings. The van der Waals surface area contributed by atoms with Crippen LogP contribution in [0.15, 0.2) is 0 Å². The summed E-state index contributed by atoms with van der Waals surface area (Å²) in [6.45, 7) is 4.41. The maximum atomic E-state index is 10.9. The van der Waals surface area contributed by atoms with Crippen LogP contribution in [0, 0.1) is 0 Å². The highest BCUT2D eigenvalue weighted by Gasteiger charge is 2.22. The van der Waals surface area contributed by atoms with Gasteiger partial charge in [-0.1, -0.05) is 11.3 Å². The van der Waals surface area contributed by atoms with Gasteiger partial charge in [-0.15, -0.1) is 0 Å². The van der Waals surface area contributed by atoms with E-state index in [1.807, 2.05) is 6.92 Å². The average molecular weight is 299 g/mol. The van der Waals surface area contributed by atoms with Gasteiger partial charge in [0.25, 0.3) is 0 Å². The number of carbonyl (C=O) groups is 1. The Kier molecular flexibility index (Phi) is 5.19. The van der Waals surface area contributed by atoms with Gasteiger partial charge in [-0.05, 0) is 26.2 Å². The average Bonchev–Trinajstić information content (AvgIpc) is 2.83. The highest BCUT2D eigenvalue weighted by atomic mass is 32.1. The summed E-state index contributed by atoms with van der Waals surface area (Å²) in [6.07, 6.45) is 3.87. The second kappa shape index (κ2) is 6.90. The Balaban J connectivity index is 2.16. The van der Waals surface area contributed by atoms with Gasteiger partial charge in [0.1, 0.15) is 6.04 Å². The van der Waals surface area contributed by atoms with Crippen molar-refractivity contribution in [2.24, 2.45) is 5.73 Å². The molecule has 0 amide bonds. The van der Waals surface area contributed by atoms with Crippen LogP contribution in [-0.2, 0) is 11.2 Å². The number of anilines is 1. The Morgan fingerprint density at radius 1 is 1.50 bits per heavy atom. The van der Waals surface area contributed by atoms with Gasteiger partial charge in [0.05, 0.1) is 11.5 Å². The summed E-state index contributed by atoms with van der Waals surface area (Å²) in [5.41, 5.74) is 5.61.